The third-order valence-corrected chi connectivity index (χ3v) is 4.06. The Bertz CT molecular complexity index is 777. The third-order valence-electron chi connectivity index (χ3n) is 4.06. The maximum Gasteiger partial charge on any atom is 0.203 e. The molecule has 3 rings (SSSR count). The molecule has 21 heavy (non-hydrogen) atoms. The average molecular weight is 277 g/mol. The van der Waals surface area contributed by atoms with Crippen molar-refractivity contribution in [3.63, 3.8) is 0 Å². The number of benzene rings is 2. The molecule has 0 N–H and O–H groups in total. The van der Waals surface area contributed by atoms with Gasteiger partial charge in [-0.3, -0.25) is 0 Å². The summed E-state index contributed by atoms with van der Waals surface area (Å²) in [6.07, 6.45) is 4.42. The van der Waals surface area contributed by atoms with E-state index in [0.29, 0.717) is 0 Å². The number of nitrogens with zero attached hydrogens (tertiary/aromatic N) is 2. The first-order valence-electron chi connectivity index (χ1n) is 7.29. The second-order valence-corrected chi connectivity index (χ2v) is 5.69. The summed E-state index contributed by atoms with van der Waals surface area (Å²) in [7, 11) is 2.09. The second-order valence-electron chi connectivity index (χ2n) is 5.69. The Labute approximate surface area is 126 Å². The number of aromatic nitrogens is 2. The summed E-state index contributed by atoms with van der Waals surface area (Å²) < 4.78 is 4.35. The van der Waals surface area contributed by atoms with Gasteiger partial charge in [0.05, 0.1) is 11.8 Å². The van der Waals surface area contributed by atoms with E-state index in [1.54, 1.807) is 0 Å². The summed E-state index contributed by atoms with van der Waals surface area (Å²) in [5, 5.41) is 0. The first-order valence-corrected chi connectivity index (χ1v) is 7.29. The van der Waals surface area contributed by atoms with Crippen LogP contribution in [0.4, 0.5) is 0 Å². The van der Waals surface area contributed by atoms with Crippen LogP contribution in [0, 0.1) is 20.8 Å². The predicted molar refractivity (Wildman–Crippen MR) is 86.6 cm³/mol. The van der Waals surface area contributed by atoms with Gasteiger partial charge >= 0.3 is 0 Å². The van der Waals surface area contributed by atoms with Crippen LogP contribution in [-0.4, -0.2) is 4.68 Å². The lowest BCUT2D eigenvalue weighted by molar-refractivity contribution is -0.744. The van der Waals surface area contributed by atoms with Crippen LogP contribution in [0.5, 0.6) is 0 Å². The summed E-state index contributed by atoms with van der Waals surface area (Å²) in [5.74, 6) is 0. The Morgan fingerprint density at radius 1 is 0.810 bits per heavy atom. The molecule has 2 heteroatoms. The van der Waals surface area contributed by atoms with Crippen LogP contribution in [0.25, 0.3) is 16.8 Å². The Morgan fingerprint density at radius 2 is 1.43 bits per heavy atom. The molecule has 106 valence electrons. The number of aryl methyl sites for hydroxylation is 4. The molecular formula is C19H21N2+. The lowest BCUT2D eigenvalue weighted by atomic mass is 9.98. The molecule has 2 nitrogen and oxygen atoms in total. The van der Waals surface area contributed by atoms with Gasteiger partial charge in [0.2, 0.25) is 6.20 Å². The van der Waals surface area contributed by atoms with Crippen LogP contribution in [0.1, 0.15) is 16.7 Å². The van der Waals surface area contributed by atoms with Crippen LogP contribution >= 0.6 is 0 Å². The smallest absolute Gasteiger partial charge is 0.128 e. The van der Waals surface area contributed by atoms with Crippen molar-refractivity contribution >= 4 is 0 Å². The first kappa shape index (κ1) is 13.6. The molecule has 0 radical (unpaired) electrons. The number of hydrogen-bond acceptors (Lipinski definition) is 0. The lowest BCUT2D eigenvalue weighted by Crippen LogP contribution is -2.36. The normalized spacial score (nSPS) is 10.9. The highest BCUT2D eigenvalue weighted by Crippen LogP contribution is 2.27. The molecule has 0 spiro atoms. The van der Waals surface area contributed by atoms with Gasteiger partial charge in [-0.1, -0.05) is 36.4 Å². The van der Waals surface area contributed by atoms with Crippen molar-refractivity contribution < 1.29 is 4.68 Å². The quantitative estimate of drug-likeness (QED) is 0.628. The van der Waals surface area contributed by atoms with Crippen LogP contribution in [0.2, 0.25) is 0 Å². The molecule has 0 saturated carbocycles. The Kier molecular flexibility index (Phi) is 3.38. The minimum absolute atomic E-state index is 1.22. The van der Waals surface area contributed by atoms with Gasteiger partial charge in [0.25, 0.3) is 0 Å². The molecule has 0 saturated heterocycles. The van der Waals surface area contributed by atoms with E-state index in [9.17, 15) is 0 Å². The third kappa shape index (κ3) is 2.38. The van der Waals surface area contributed by atoms with Crippen LogP contribution in [0.15, 0.2) is 54.9 Å². The second kappa shape index (κ2) is 5.21. The summed E-state index contributed by atoms with van der Waals surface area (Å²) in [6, 6.07) is 14.9. The molecule has 0 bridgehead atoms. The molecule has 3 aromatic rings. The van der Waals surface area contributed by atoms with E-state index in [2.05, 4.69) is 92.0 Å². The van der Waals surface area contributed by atoms with Gasteiger partial charge in [0, 0.05) is 0 Å². The van der Waals surface area contributed by atoms with Crippen LogP contribution in [-0.2, 0) is 7.05 Å². The van der Waals surface area contributed by atoms with Crippen LogP contribution in [0.3, 0.4) is 0 Å². The highest BCUT2D eigenvalue weighted by atomic mass is 15.4. The van der Waals surface area contributed by atoms with Gasteiger partial charge < -0.3 is 0 Å². The van der Waals surface area contributed by atoms with E-state index in [0.717, 1.165) is 0 Å². The lowest BCUT2D eigenvalue weighted by Gasteiger charge is -2.05. The van der Waals surface area contributed by atoms with Crippen molar-refractivity contribution in [3.8, 4) is 16.8 Å². The highest BCUT2D eigenvalue weighted by molar-refractivity contribution is 5.69. The molecule has 0 aliphatic carbocycles. The number of para-hydroxylation sites is 1. The van der Waals surface area contributed by atoms with Crippen molar-refractivity contribution in [1.29, 1.82) is 0 Å². The van der Waals surface area contributed by atoms with E-state index in [-0.39, 0.29) is 0 Å². The van der Waals surface area contributed by atoms with Gasteiger partial charge in [-0.2, -0.15) is 0 Å². The van der Waals surface area contributed by atoms with Crippen molar-refractivity contribution in [2.24, 2.45) is 7.05 Å². The van der Waals surface area contributed by atoms with Gasteiger partial charge in [-0.15, -0.1) is 9.36 Å². The fraction of sp³-hybridized carbons (Fsp3) is 0.211. The van der Waals surface area contributed by atoms with Crippen LogP contribution < -0.4 is 4.68 Å². The minimum atomic E-state index is 1.22. The van der Waals surface area contributed by atoms with Gasteiger partial charge in [0.15, 0.2) is 7.05 Å². The van der Waals surface area contributed by atoms with Gasteiger partial charge in [0.1, 0.15) is 5.69 Å². The zero-order valence-electron chi connectivity index (χ0n) is 13.1. The number of rotatable bonds is 2. The van der Waals surface area contributed by atoms with E-state index in [4.69, 9.17) is 0 Å². The molecule has 0 atom stereocenters. The monoisotopic (exact) mass is 277 g/mol. The molecule has 0 amide bonds. The number of hydrogen-bond donors (Lipinski definition) is 0. The maximum atomic E-state index is 2.22. The van der Waals surface area contributed by atoms with E-state index in [1.807, 2.05) is 0 Å². The minimum Gasteiger partial charge on any atom is -0.128 e. The molecule has 0 unspecified atom stereocenters. The largest absolute Gasteiger partial charge is 0.203 e. The topological polar surface area (TPSA) is 8.81 Å². The Balaban J connectivity index is 2.17. The van der Waals surface area contributed by atoms with Crippen molar-refractivity contribution in [2.45, 2.75) is 20.8 Å². The van der Waals surface area contributed by atoms with Crippen molar-refractivity contribution in [1.82, 2.24) is 4.68 Å². The SMILES string of the molecule is Cc1ccccc1-n1cc(-c2c(C)cccc2C)c[n+]1C. The summed E-state index contributed by atoms with van der Waals surface area (Å²) in [4.78, 5) is 0. The zero-order valence-corrected chi connectivity index (χ0v) is 13.1. The molecular weight excluding hydrogens is 256 g/mol. The molecule has 1 heterocycles. The Hall–Kier alpha value is -2.35. The molecule has 2 aromatic carbocycles. The Morgan fingerprint density at radius 3 is 2.10 bits per heavy atom. The van der Waals surface area contributed by atoms with E-state index in [1.165, 1.54) is 33.5 Å². The average Bonchev–Trinajstić information content (AvgIpc) is 2.81. The standard InChI is InChI=1S/C19H21N2/c1-14-8-5-6-11-18(14)21-13-17(12-20(21)4)19-15(2)9-7-10-16(19)3/h5-13H,1-4H3/q+1. The molecule has 1 aromatic heterocycles. The zero-order chi connectivity index (χ0) is 15.0. The fourth-order valence-electron chi connectivity index (χ4n) is 2.98. The van der Waals surface area contributed by atoms with Gasteiger partial charge in [-0.05, 0) is 49.1 Å². The first-order chi connectivity index (χ1) is 10.1. The predicted octanol–water partition coefficient (Wildman–Crippen LogP) is 3.89. The molecule has 0 aliphatic rings. The van der Waals surface area contributed by atoms with Crippen molar-refractivity contribution in [2.75, 3.05) is 0 Å². The highest BCUT2D eigenvalue weighted by Gasteiger charge is 2.16. The maximum absolute atomic E-state index is 2.22. The summed E-state index contributed by atoms with van der Waals surface area (Å²) in [5.41, 5.74) is 7.72. The summed E-state index contributed by atoms with van der Waals surface area (Å²) in [6.45, 7) is 6.49. The van der Waals surface area contributed by atoms with E-state index < -0.39 is 0 Å². The molecule has 0 fully saturated rings. The summed E-state index contributed by atoms with van der Waals surface area (Å²) >= 11 is 0. The van der Waals surface area contributed by atoms with Gasteiger partial charge in [-0.25, -0.2) is 0 Å². The van der Waals surface area contributed by atoms with Crippen molar-refractivity contribution in [3.05, 3.63) is 71.5 Å². The molecule has 0 aliphatic heterocycles. The fourth-order valence-corrected chi connectivity index (χ4v) is 2.98. The van der Waals surface area contributed by atoms with E-state index >= 15 is 0 Å².